The molecular formula is C16H23NO3. The number of hydrogen-bond donors (Lipinski definition) is 0. The number of methoxy groups -OCH3 is 1. The summed E-state index contributed by atoms with van der Waals surface area (Å²) in [5.74, 6) is 0.925. The summed E-state index contributed by atoms with van der Waals surface area (Å²) in [4.78, 5) is 14.7. The second-order valence-electron chi connectivity index (χ2n) is 5.28. The van der Waals surface area contributed by atoms with Gasteiger partial charge >= 0.3 is 0 Å². The average molecular weight is 277 g/mol. The normalized spacial score (nSPS) is 18.0. The van der Waals surface area contributed by atoms with Crippen molar-refractivity contribution in [3.05, 3.63) is 29.8 Å². The second-order valence-corrected chi connectivity index (χ2v) is 5.28. The van der Waals surface area contributed by atoms with Crippen LogP contribution in [0.25, 0.3) is 0 Å². The van der Waals surface area contributed by atoms with Gasteiger partial charge in [0.05, 0.1) is 13.2 Å². The Morgan fingerprint density at radius 2 is 1.90 bits per heavy atom. The Balaban J connectivity index is 2.02. The Bertz CT molecular complexity index is 438. The highest BCUT2D eigenvalue weighted by Crippen LogP contribution is 2.19. The molecule has 1 fully saturated rings. The number of benzene rings is 1. The summed E-state index contributed by atoms with van der Waals surface area (Å²) in [7, 11) is 3.65. The van der Waals surface area contributed by atoms with Crippen LogP contribution in [0.15, 0.2) is 24.3 Å². The highest BCUT2D eigenvalue weighted by Gasteiger charge is 2.26. The van der Waals surface area contributed by atoms with Gasteiger partial charge in [0.15, 0.2) is 5.78 Å². The van der Waals surface area contributed by atoms with Gasteiger partial charge in [0, 0.05) is 24.8 Å². The zero-order valence-electron chi connectivity index (χ0n) is 12.5. The third-order valence-electron chi connectivity index (χ3n) is 4.13. The number of Topliss-reactive ketones (excluding diaryl/α,β-unsaturated/α-hetero) is 1. The third-order valence-corrected chi connectivity index (χ3v) is 4.13. The summed E-state index contributed by atoms with van der Waals surface area (Å²) in [6.45, 7) is 3.55. The van der Waals surface area contributed by atoms with E-state index in [1.54, 1.807) is 7.11 Å². The summed E-state index contributed by atoms with van der Waals surface area (Å²) in [5.41, 5.74) is 0.734. The van der Waals surface area contributed by atoms with Gasteiger partial charge in [-0.05, 0) is 51.1 Å². The number of carbonyl (C=O) groups is 1. The molecular weight excluding hydrogens is 254 g/mol. The SMILES string of the molecule is COc1ccc(C(=O)C(C)N(C)C2CCOCC2)cc1. The van der Waals surface area contributed by atoms with Gasteiger partial charge in [-0.15, -0.1) is 0 Å². The van der Waals surface area contributed by atoms with E-state index in [-0.39, 0.29) is 11.8 Å². The second kappa shape index (κ2) is 6.86. The molecule has 1 unspecified atom stereocenters. The number of hydrogen-bond acceptors (Lipinski definition) is 4. The first-order valence-corrected chi connectivity index (χ1v) is 7.11. The highest BCUT2D eigenvalue weighted by molar-refractivity contribution is 5.99. The van der Waals surface area contributed by atoms with Gasteiger partial charge in [0.1, 0.15) is 5.75 Å². The smallest absolute Gasteiger partial charge is 0.179 e. The van der Waals surface area contributed by atoms with E-state index < -0.39 is 0 Å². The molecule has 0 spiro atoms. The molecule has 1 aromatic carbocycles. The summed E-state index contributed by atoms with van der Waals surface area (Å²) in [6, 6.07) is 7.63. The number of likely N-dealkylation sites (N-methyl/N-ethyl adjacent to an activating group) is 1. The molecule has 0 amide bonds. The van der Waals surface area contributed by atoms with Crippen LogP contribution in [0.1, 0.15) is 30.1 Å². The Kier molecular flexibility index (Phi) is 5.15. The maximum atomic E-state index is 12.5. The van der Waals surface area contributed by atoms with Gasteiger partial charge < -0.3 is 9.47 Å². The van der Waals surface area contributed by atoms with Crippen molar-refractivity contribution in [3.8, 4) is 5.75 Å². The van der Waals surface area contributed by atoms with Crippen LogP contribution in [0.5, 0.6) is 5.75 Å². The minimum atomic E-state index is -0.119. The van der Waals surface area contributed by atoms with Crippen LogP contribution in [-0.2, 0) is 4.74 Å². The molecule has 1 saturated heterocycles. The standard InChI is InChI=1S/C16H23NO3/c1-12(17(2)14-8-10-20-11-9-14)16(18)13-4-6-15(19-3)7-5-13/h4-7,12,14H,8-11H2,1-3H3. The predicted molar refractivity (Wildman–Crippen MR) is 78.4 cm³/mol. The van der Waals surface area contributed by atoms with E-state index in [1.165, 1.54) is 0 Å². The molecule has 1 atom stereocenters. The molecule has 0 aliphatic carbocycles. The number of nitrogens with zero attached hydrogens (tertiary/aromatic N) is 1. The molecule has 1 aromatic rings. The lowest BCUT2D eigenvalue weighted by Gasteiger charge is -2.34. The predicted octanol–water partition coefficient (Wildman–Crippen LogP) is 2.38. The van der Waals surface area contributed by atoms with E-state index in [1.807, 2.05) is 38.2 Å². The summed E-state index contributed by atoms with van der Waals surface area (Å²) < 4.78 is 10.5. The molecule has 1 aliphatic rings. The molecule has 4 heteroatoms. The van der Waals surface area contributed by atoms with Crippen molar-refractivity contribution in [3.63, 3.8) is 0 Å². The van der Waals surface area contributed by atoms with Crippen LogP contribution in [0.4, 0.5) is 0 Å². The number of ketones is 1. The minimum absolute atomic E-state index is 0.119. The molecule has 0 N–H and O–H groups in total. The van der Waals surface area contributed by atoms with Gasteiger partial charge in [-0.25, -0.2) is 0 Å². The lowest BCUT2D eigenvalue weighted by Crippen LogP contribution is -2.45. The maximum Gasteiger partial charge on any atom is 0.179 e. The molecule has 1 aliphatic heterocycles. The quantitative estimate of drug-likeness (QED) is 0.775. The van der Waals surface area contributed by atoms with Crippen molar-refractivity contribution in [2.24, 2.45) is 0 Å². The van der Waals surface area contributed by atoms with Crippen LogP contribution in [0, 0.1) is 0 Å². The molecule has 0 bridgehead atoms. The molecule has 2 rings (SSSR count). The Morgan fingerprint density at radius 3 is 2.45 bits per heavy atom. The fourth-order valence-corrected chi connectivity index (χ4v) is 2.59. The van der Waals surface area contributed by atoms with E-state index in [0.717, 1.165) is 37.4 Å². The van der Waals surface area contributed by atoms with Crippen molar-refractivity contribution < 1.29 is 14.3 Å². The lowest BCUT2D eigenvalue weighted by atomic mass is 10.0. The van der Waals surface area contributed by atoms with Gasteiger partial charge in [0.25, 0.3) is 0 Å². The highest BCUT2D eigenvalue weighted by atomic mass is 16.5. The number of carbonyl (C=O) groups excluding carboxylic acids is 1. The largest absolute Gasteiger partial charge is 0.497 e. The molecule has 0 radical (unpaired) electrons. The van der Waals surface area contributed by atoms with Gasteiger partial charge in [-0.1, -0.05) is 0 Å². The van der Waals surface area contributed by atoms with Crippen molar-refractivity contribution in [2.45, 2.75) is 31.8 Å². The maximum absolute atomic E-state index is 12.5. The molecule has 0 saturated carbocycles. The van der Waals surface area contributed by atoms with Crippen molar-refractivity contribution in [1.29, 1.82) is 0 Å². The fraction of sp³-hybridized carbons (Fsp3) is 0.562. The Morgan fingerprint density at radius 1 is 1.30 bits per heavy atom. The topological polar surface area (TPSA) is 38.8 Å². The van der Waals surface area contributed by atoms with Crippen LogP contribution in [0.3, 0.4) is 0 Å². The van der Waals surface area contributed by atoms with E-state index in [9.17, 15) is 4.79 Å². The van der Waals surface area contributed by atoms with Crippen molar-refractivity contribution in [2.75, 3.05) is 27.4 Å². The van der Waals surface area contributed by atoms with Crippen molar-refractivity contribution in [1.82, 2.24) is 4.90 Å². The zero-order chi connectivity index (χ0) is 14.5. The van der Waals surface area contributed by atoms with Gasteiger partial charge in [0.2, 0.25) is 0 Å². The van der Waals surface area contributed by atoms with E-state index in [2.05, 4.69) is 4.90 Å². The molecule has 4 nitrogen and oxygen atoms in total. The summed E-state index contributed by atoms with van der Waals surface area (Å²) >= 11 is 0. The molecule has 1 heterocycles. The average Bonchev–Trinajstić information content (AvgIpc) is 2.53. The Labute approximate surface area is 120 Å². The minimum Gasteiger partial charge on any atom is -0.497 e. The lowest BCUT2D eigenvalue weighted by molar-refractivity contribution is 0.0301. The number of ether oxygens (including phenoxy) is 2. The zero-order valence-corrected chi connectivity index (χ0v) is 12.5. The van der Waals surface area contributed by atoms with E-state index >= 15 is 0 Å². The monoisotopic (exact) mass is 277 g/mol. The van der Waals surface area contributed by atoms with Gasteiger partial charge in [-0.3, -0.25) is 9.69 Å². The van der Waals surface area contributed by atoms with Crippen LogP contribution in [0.2, 0.25) is 0 Å². The van der Waals surface area contributed by atoms with Crippen molar-refractivity contribution >= 4 is 5.78 Å². The summed E-state index contributed by atoms with van der Waals surface area (Å²) in [6.07, 6.45) is 1.99. The fourth-order valence-electron chi connectivity index (χ4n) is 2.59. The molecule has 110 valence electrons. The van der Waals surface area contributed by atoms with Crippen LogP contribution in [-0.4, -0.2) is 50.1 Å². The Hall–Kier alpha value is -1.39. The first-order chi connectivity index (χ1) is 9.63. The van der Waals surface area contributed by atoms with E-state index in [4.69, 9.17) is 9.47 Å². The number of rotatable bonds is 5. The first kappa shape index (κ1) is 15.0. The van der Waals surface area contributed by atoms with Crippen LogP contribution < -0.4 is 4.74 Å². The van der Waals surface area contributed by atoms with Gasteiger partial charge in [-0.2, -0.15) is 0 Å². The van der Waals surface area contributed by atoms with E-state index in [0.29, 0.717) is 6.04 Å². The molecule has 0 aromatic heterocycles. The van der Waals surface area contributed by atoms with Crippen LogP contribution >= 0.6 is 0 Å². The molecule has 20 heavy (non-hydrogen) atoms. The third kappa shape index (κ3) is 3.38. The summed E-state index contributed by atoms with van der Waals surface area (Å²) in [5, 5.41) is 0. The first-order valence-electron chi connectivity index (χ1n) is 7.11.